The highest BCUT2D eigenvalue weighted by Crippen LogP contribution is 2.32. The molecule has 3 amide bonds. The highest BCUT2D eigenvalue weighted by atomic mass is 32.2. The van der Waals surface area contributed by atoms with Gasteiger partial charge in [-0.25, -0.2) is 4.39 Å². The van der Waals surface area contributed by atoms with Gasteiger partial charge < -0.3 is 14.7 Å². The third kappa shape index (κ3) is 4.30. The first-order chi connectivity index (χ1) is 14.5. The van der Waals surface area contributed by atoms with Crippen molar-refractivity contribution in [2.24, 2.45) is 0 Å². The van der Waals surface area contributed by atoms with Crippen LogP contribution in [0.1, 0.15) is 17.7 Å². The van der Waals surface area contributed by atoms with Crippen molar-refractivity contribution in [2.45, 2.75) is 12.8 Å². The third-order valence-corrected chi connectivity index (χ3v) is 5.61. The first-order valence-electron chi connectivity index (χ1n) is 9.32. The molecule has 3 aromatic rings. The summed E-state index contributed by atoms with van der Waals surface area (Å²) in [5, 5.41) is 3.14. The van der Waals surface area contributed by atoms with Crippen LogP contribution in [0.3, 0.4) is 0 Å². The number of fused-ring (bicyclic) bond motifs is 1. The molecule has 0 unspecified atom stereocenters. The molecule has 3 heterocycles. The van der Waals surface area contributed by atoms with E-state index >= 15 is 0 Å². The van der Waals surface area contributed by atoms with Gasteiger partial charge in [-0.2, -0.15) is 0 Å². The molecular formula is C21H18FN3O4S. The molecule has 9 heteroatoms. The van der Waals surface area contributed by atoms with E-state index in [4.69, 9.17) is 4.42 Å². The van der Waals surface area contributed by atoms with Crippen LogP contribution in [0.5, 0.6) is 0 Å². The van der Waals surface area contributed by atoms with Crippen LogP contribution in [-0.2, 0) is 16.0 Å². The number of benzene rings is 1. The summed E-state index contributed by atoms with van der Waals surface area (Å²) >= 11 is 0.823. The van der Waals surface area contributed by atoms with E-state index in [1.54, 1.807) is 24.4 Å². The molecule has 0 bridgehead atoms. The Bertz CT molecular complexity index is 1140. The van der Waals surface area contributed by atoms with E-state index in [2.05, 4.69) is 10.3 Å². The molecule has 154 valence electrons. The lowest BCUT2D eigenvalue weighted by molar-refractivity contribution is -0.124. The fourth-order valence-corrected chi connectivity index (χ4v) is 4.04. The number of hydrogen-bond acceptors (Lipinski definition) is 5. The highest BCUT2D eigenvalue weighted by molar-refractivity contribution is 8.18. The molecule has 1 aliphatic heterocycles. The molecule has 1 fully saturated rings. The van der Waals surface area contributed by atoms with Crippen molar-refractivity contribution >= 4 is 45.8 Å². The topological polar surface area (TPSA) is 95.4 Å². The van der Waals surface area contributed by atoms with Crippen molar-refractivity contribution in [2.75, 3.05) is 13.1 Å². The Morgan fingerprint density at radius 1 is 1.30 bits per heavy atom. The maximum atomic E-state index is 13.4. The summed E-state index contributed by atoms with van der Waals surface area (Å²) in [6.07, 6.45) is 5.32. The average molecular weight is 427 g/mol. The van der Waals surface area contributed by atoms with E-state index in [1.807, 2.05) is 0 Å². The molecule has 0 atom stereocenters. The number of aromatic nitrogens is 1. The molecule has 1 saturated heterocycles. The van der Waals surface area contributed by atoms with Crippen molar-refractivity contribution in [3.63, 3.8) is 0 Å². The Kier molecular flexibility index (Phi) is 5.71. The minimum atomic E-state index is -0.435. The van der Waals surface area contributed by atoms with Crippen LogP contribution in [0.2, 0.25) is 0 Å². The molecule has 30 heavy (non-hydrogen) atoms. The van der Waals surface area contributed by atoms with Gasteiger partial charge >= 0.3 is 0 Å². The van der Waals surface area contributed by atoms with Gasteiger partial charge in [-0.15, -0.1) is 0 Å². The average Bonchev–Trinajstić information content (AvgIpc) is 3.42. The van der Waals surface area contributed by atoms with Gasteiger partial charge in [0.05, 0.1) is 11.2 Å². The van der Waals surface area contributed by atoms with Gasteiger partial charge in [-0.3, -0.25) is 19.3 Å². The van der Waals surface area contributed by atoms with Crippen molar-refractivity contribution in [3.05, 3.63) is 64.8 Å². The lowest BCUT2D eigenvalue weighted by atomic mass is 10.1. The molecule has 0 saturated carbocycles. The van der Waals surface area contributed by atoms with Crippen LogP contribution < -0.4 is 5.32 Å². The fourth-order valence-electron chi connectivity index (χ4n) is 3.19. The number of nitrogens with one attached hydrogen (secondary N) is 2. The Balaban J connectivity index is 1.27. The molecule has 0 aliphatic carbocycles. The molecule has 0 spiro atoms. The van der Waals surface area contributed by atoms with E-state index in [0.29, 0.717) is 18.7 Å². The lowest BCUT2D eigenvalue weighted by Crippen LogP contribution is -2.34. The summed E-state index contributed by atoms with van der Waals surface area (Å²) in [4.78, 5) is 41.0. The van der Waals surface area contributed by atoms with Gasteiger partial charge in [0.25, 0.3) is 11.1 Å². The van der Waals surface area contributed by atoms with E-state index < -0.39 is 11.1 Å². The standard InChI is InChI=1S/C21H18FN3O4S/c22-14-3-4-17-16(10-14)13(12-24-17)5-7-23-19(26)6-8-25-20(27)18(30-21(25)28)11-15-2-1-9-29-15/h1-4,9-12,24H,5-8H2,(H,23,26). The van der Waals surface area contributed by atoms with Crippen LogP contribution in [0.25, 0.3) is 17.0 Å². The summed E-state index contributed by atoms with van der Waals surface area (Å²) in [6, 6.07) is 7.89. The van der Waals surface area contributed by atoms with Crippen LogP contribution in [0.4, 0.5) is 9.18 Å². The normalized spacial score (nSPS) is 15.5. The van der Waals surface area contributed by atoms with Crippen molar-refractivity contribution in [3.8, 4) is 0 Å². The third-order valence-electron chi connectivity index (χ3n) is 4.70. The number of rotatable bonds is 7. The predicted octanol–water partition coefficient (Wildman–Crippen LogP) is 3.69. The van der Waals surface area contributed by atoms with Gasteiger partial charge in [-0.05, 0) is 54.1 Å². The van der Waals surface area contributed by atoms with E-state index in [-0.39, 0.29) is 29.6 Å². The molecule has 0 radical (unpaired) electrons. The molecule has 1 aliphatic rings. The number of halogens is 1. The number of carbonyl (C=O) groups excluding carboxylic acids is 3. The maximum Gasteiger partial charge on any atom is 0.293 e. The zero-order valence-electron chi connectivity index (χ0n) is 15.8. The molecular weight excluding hydrogens is 409 g/mol. The van der Waals surface area contributed by atoms with Gasteiger partial charge in [0.1, 0.15) is 11.6 Å². The monoisotopic (exact) mass is 427 g/mol. The second-order valence-electron chi connectivity index (χ2n) is 6.70. The van der Waals surface area contributed by atoms with Crippen LogP contribution in [0.15, 0.2) is 52.1 Å². The molecule has 1 aromatic carbocycles. The quantitative estimate of drug-likeness (QED) is 0.561. The number of amides is 3. The van der Waals surface area contributed by atoms with Crippen molar-refractivity contribution in [1.82, 2.24) is 15.2 Å². The first kappa shape index (κ1) is 20.0. The summed E-state index contributed by atoms with van der Waals surface area (Å²) in [6.45, 7) is 0.368. The summed E-state index contributed by atoms with van der Waals surface area (Å²) < 4.78 is 18.6. The summed E-state index contributed by atoms with van der Waals surface area (Å²) in [7, 11) is 0. The molecule has 2 N–H and O–H groups in total. The van der Waals surface area contributed by atoms with Crippen LogP contribution in [0, 0.1) is 5.82 Å². The SMILES string of the molecule is O=C(CCN1C(=O)SC(=Cc2ccco2)C1=O)NCCc1c[nH]c2ccc(F)cc12. The van der Waals surface area contributed by atoms with E-state index in [1.165, 1.54) is 24.5 Å². The fraction of sp³-hybridized carbons (Fsp3) is 0.190. The zero-order chi connectivity index (χ0) is 21.1. The molecule has 2 aromatic heterocycles. The van der Waals surface area contributed by atoms with Crippen molar-refractivity contribution < 1.29 is 23.2 Å². The summed E-state index contributed by atoms with van der Waals surface area (Å²) in [5.74, 6) is -0.536. The van der Waals surface area contributed by atoms with Crippen LogP contribution in [-0.4, -0.2) is 40.0 Å². The number of carbonyl (C=O) groups is 3. The first-order valence-corrected chi connectivity index (χ1v) is 10.1. The Morgan fingerprint density at radius 2 is 2.17 bits per heavy atom. The van der Waals surface area contributed by atoms with E-state index in [9.17, 15) is 18.8 Å². The number of furan rings is 1. The molecule has 4 rings (SSSR count). The minimum absolute atomic E-state index is 0.00426. The number of nitrogens with zero attached hydrogens (tertiary/aromatic N) is 1. The smallest absolute Gasteiger partial charge is 0.293 e. The predicted molar refractivity (Wildman–Crippen MR) is 111 cm³/mol. The zero-order valence-corrected chi connectivity index (χ0v) is 16.6. The van der Waals surface area contributed by atoms with Crippen molar-refractivity contribution in [1.29, 1.82) is 0 Å². The second kappa shape index (κ2) is 8.58. The number of hydrogen-bond donors (Lipinski definition) is 2. The summed E-state index contributed by atoms with van der Waals surface area (Å²) in [5.41, 5.74) is 1.73. The van der Waals surface area contributed by atoms with Gasteiger partial charge in [0.15, 0.2) is 0 Å². The highest BCUT2D eigenvalue weighted by Gasteiger charge is 2.35. The Labute approximate surface area is 175 Å². The number of thioether (sulfide) groups is 1. The largest absolute Gasteiger partial charge is 0.465 e. The van der Waals surface area contributed by atoms with Crippen LogP contribution >= 0.6 is 11.8 Å². The number of H-pyrrole nitrogens is 1. The van der Waals surface area contributed by atoms with E-state index in [0.717, 1.165) is 33.1 Å². The Morgan fingerprint density at radius 3 is 2.97 bits per heavy atom. The van der Waals surface area contributed by atoms with Gasteiger partial charge in [0.2, 0.25) is 5.91 Å². The maximum absolute atomic E-state index is 13.4. The lowest BCUT2D eigenvalue weighted by Gasteiger charge is -2.12. The van der Waals surface area contributed by atoms with Gasteiger partial charge in [0, 0.05) is 42.7 Å². The number of imide groups is 1. The second-order valence-corrected chi connectivity index (χ2v) is 7.70. The van der Waals surface area contributed by atoms with Gasteiger partial charge in [-0.1, -0.05) is 0 Å². The Hall–Kier alpha value is -3.33. The minimum Gasteiger partial charge on any atom is -0.465 e. The number of aromatic amines is 1. The molecule has 7 nitrogen and oxygen atoms in total.